The van der Waals surface area contributed by atoms with E-state index in [1.54, 1.807) is 4.90 Å². The Morgan fingerprint density at radius 3 is 2.80 bits per heavy atom. The molecule has 3 N–H and O–H groups in total. The lowest BCUT2D eigenvalue weighted by Gasteiger charge is -2.25. The number of likely N-dealkylation sites (N-methyl/N-ethyl adjacent to an activating group) is 1. The maximum absolute atomic E-state index is 9.06. The van der Waals surface area contributed by atoms with Crippen molar-refractivity contribution in [3.8, 4) is 0 Å². The molecule has 1 rings (SSSR count). The van der Waals surface area contributed by atoms with Gasteiger partial charge in [0.25, 0.3) is 0 Å². The Balaban J connectivity index is 0.000000810. The average molecular weight is 166 g/mol. The molecule has 4 nitrogen and oxygen atoms in total. The van der Waals surface area contributed by atoms with Gasteiger partial charge in [-0.1, -0.05) is 0 Å². The van der Waals surface area contributed by atoms with Gasteiger partial charge in [-0.05, 0) is 7.05 Å². The van der Waals surface area contributed by atoms with Crippen LogP contribution in [0.5, 0.6) is 0 Å². The Kier molecular flexibility index (Phi) is 3.63. The van der Waals surface area contributed by atoms with Crippen molar-refractivity contribution in [3.05, 3.63) is 0 Å². The molecule has 0 radical (unpaired) electrons. The minimum atomic E-state index is -0.447. The maximum Gasteiger partial charge on any atom is 0.127 e. The van der Waals surface area contributed by atoms with Gasteiger partial charge in [0.15, 0.2) is 0 Å². The highest BCUT2D eigenvalue weighted by Gasteiger charge is 2.15. The second-order valence-corrected chi connectivity index (χ2v) is 2.23. The van der Waals surface area contributed by atoms with Crippen molar-refractivity contribution < 1.29 is 5.11 Å². The summed E-state index contributed by atoms with van der Waals surface area (Å²) < 4.78 is 0. The summed E-state index contributed by atoms with van der Waals surface area (Å²) in [7, 11) is 1.81. The van der Waals surface area contributed by atoms with Crippen molar-refractivity contribution in [2.75, 3.05) is 20.1 Å². The Morgan fingerprint density at radius 2 is 2.40 bits per heavy atom. The Labute approximate surface area is 66.1 Å². The highest BCUT2D eigenvalue weighted by Crippen LogP contribution is 1.97. The Hall–Kier alpha value is -0.320. The van der Waals surface area contributed by atoms with Crippen LogP contribution in [0.25, 0.3) is 0 Å². The first-order valence-electron chi connectivity index (χ1n) is 2.87. The van der Waals surface area contributed by atoms with Crippen LogP contribution in [-0.2, 0) is 0 Å². The van der Waals surface area contributed by atoms with E-state index in [-0.39, 0.29) is 12.4 Å². The number of aliphatic hydroxyl groups excluding tert-OH is 1. The standard InChI is InChI=1S/C5H11N3O.ClH/c1-8-3-4(6)7-2-5(8)9;/h5,9H,2-3H2,1H3,(H2,6,7);1H. The predicted octanol–water partition coefficient (Wildman–Crippen LogP) is -0.971. The molecule has 0 aromatic rings. The van der Waals surface area contributed by atoms with E-state index in [9.17, 15) is 0 Å². The highest BCUT2D eigenvalue weighted by molar-refractivity contribution is 5.85. The smallest absolute Gasteiger partial charge is 0.127 e. The number of hydrogen-bond donors (Lipinski definition) is 2. The van der Waals surface area contributed by atoms with Gasteiger partial charge < -0.3 is 10.8 Å². The van der Waals surface area contributed by atoms with Crippen LogP contribution in [0.15, 0.2) is 4.99 Å². The van der Waals surface area contributed by atoms with Gasteiger partial charge in [-0.15, -0.1) is 12.4 Å². The van der Waals surface area contributed by atoms with E-state index >= 15 is 0 Å². The van der Waals surface area contributed by atoms with Gasteiger partial charge in [-0.25, -0.2) is 0 Å². The lowest BCUT2D eigenvalue weighted by molar-refractivity contribution is 0.0355. The van der Waals surface area contributed by atoms with Crippen LogP contribution >= 0.6 is 12.4 Å². The predicted molar refractivity (Wildman–Crippen MR) is 42.4 cm³/mol. The molecular formula is C5H12ClN3O. The highest BCUT2D eigenvalue weighted by atomic mass is 35.5. The molecule has 0 aliphatic carbocycles. The number of amidine groups is 1. The zero-order valence-electron chi connectivity index (χ0n) is 5.82. The Morgan fingerprint density at radius 1 is 1.80 bits per heavy atom. The van der Waals surface area contributed by atoms with Crippen molar-refractivity contribution in [1.29, 1.82) is 0 Å². The first kappa shape index (κ1) is 9.68. The normalized spacial score (nSPS) is 27.0. The van der Waals surface area contributed by atoms with Crippen LogP contribution < -0.4 is 5.73 Å². The van der Waals surface area contributed by atoms with E-state index in [0.717, 1.165) is 0 Å². The average Bonchev–Trinajstić information content (AvgIpc) is 1.80. The monoisotopic (exact) mass is 165 g/mol. The quantitative estimate of drug-likeness (QED) is 0.486. The lowest BCUT2D eigenvalue weighted by Crippen LogP contribution is -2.44. The molecular weight excluding hydrogens is 154 g/mol. The molecule has 1 aliphatic heterocycles. The van der Waals surface area contributed by atoms with Gasteiger partial charge in [0, 0.05) is 0 Å². The molecule has 1 unspecified atom stereocenters. The van der Waals surface area contributed by atoms with Crippen molar-refractivity contribution in [3.63, 3.8) is 0 Å². The maximum atomic E-state index is 9.06. The van der Waals surface area contributed by atoms with Gasteiger partial charge in [-0.2, -0.15) is 0 Å². The van der Waals surface area contributed by atoms with Crippen molar-refractivity contribution >= 4 is 18.2 Å². The molecule has 0 aromatic heterocycles. The summed E-state index contributed by atoms with van der Waals surface area (Å²) in [4.78, 5) is 5.62. The molecule has 0 saturated heterocycles. The van der Waals surface area contributed by atoms with E-state index in [2.05, 4.69) is 4.99 Å². The first-order valence-corrected chi connectivity index (χ1v) is 2.87. The number of halogens is 1. The van der Waals surface area contributed by atoms with Crippen LogP contribution in [0, 0.1) is 0 Å². The molecule has 60 valence electrons. The van der Waals surface area contributed by atoms with E-state index in [1.807, 2.05) is 7.05 Å². The van der Waals surface area contributed by atoms with Crippen molar-refractivity contribution in [1.82, 2.24) is 4.90 Å². The van der Waals surface area contributed by atoms with Crippen LogP contribution in [0.2, 0.25) is 0 Å². The van der Waals surface area contributed by atoms with Gasteiger partial charge >= 0.3 is 0 Å². The zero-order valence-corrected chi connectivity index (χ0v) is 6.64. The lowest BCUT2D eigenvalue weighted by atomic mass is 10.4. The molecule has 10 heavy (non-hydrogen) atoms. The Bertz CT molecular complexity index is 139. The summed E-state index contributed by atoms with van der Waals surface area (Å²) in [5, 5.41) is 9.06. The summed E-state index contributed by atoms with van der Waals surface area (Å²) in [6.45, 7) is 0.976. The minimum Gasteiger partial charge on any atom is -0.386 e. The molecule has 5 heteroatoms. The number of nitrogens with two attached hydrogens (primary N) is 1. The summed E-state index contributed by atoms with van der Waals surface area (Å²) in [6.07, 6.45) is -0.447. The SMILES string of the molecule is CN1CC(N)=NCC1O.Cl. The van der Waals surface area contributed by atoms with Crippen LogP contribution in [-0.4, -0.2) is 42.2 Å². The molecule has 0 amide bonds. The number of aliphatic hydroxyl groups is 1. The van der Waals surface area contributed by atoms with Crippen LogP contribution in [0.3, 0.4) is 0 Å². The summed E-state index contributed by atoms with van der Waals surface area (Å²) in [5.74, 6) is 0.600. The van der Waals surface area contributed by atoms with Gasteiger partial charge in [-0.3, -0.25) is 9.89 Å². The topological polar surface area (TPSA) is 61.8 Å². The number of nitrogens with zero attached hydrogens (tertiary/aromatic N) is 2. The number of rotatable bonds is 0. The third-order valence-electron chi connectivity index (χ3n) is 1.38. The molecule has 0 saturated carbocycles. The fourth-order valence-corrected chi connectivity index (χ4v) is 0.749. The van der Waals surface area contributed by atoms with Crippen LogP contribution in [0.1, 0.15) is 0 Å². The number of aliphatic imine (C=N–C) groups is 1. The van der Waals surface area contributed by atoms with Crippen LogP contribution in [0.4, 0.5) is 0 Å². The molecule has 1 aliphatic rings. The van der Waals surface area contributed by atoms with Gasteiger partial charge in [0.2, 0.25) is 0 Å². The minimum absolute atomic E-state index is 0. The molecule has 0 fully saturated rings. The largest absolute Gasteiger partial charge is 0.386 e. The molecule has 0 spiro atoms. The number of hydrogen-bond acceptors (Lipinski definition) is 4. The van der Waals surface area contributed by atoms with E-state index in [0.29, 0.717) is 18.9 Å². The van der Waals surface area contributed by atoms with Crippen molar-refractivity contribution in [2.24, 2.45) is 10.7 Å². The first-order chi connectivity index (χ1) is 4.20. The second-order valence-electron chi connectivity index (χ2n) is 2.23. The zero-order chi connectivity index (χ0) is 6.85. The molecule has 1 atom stereocenters. The fourth-order valence-electron chi connectivity index (χ4n) is 0.749. The molecule has 1 heterocycles. The van der Waals surface area contributed by atoms with Crippen molar-refractivity contribution in [2.45, 2.75) is 6.23 Å². The van der Waals surface area contributed by atoms with E-state index in [1.165, 1.54) is 0 Å². The summed E-state index contributed by atoms with van der Waals surface area (Å²) in [6, 6.07) is 0. The summed E-state index contributed by atoms with van der Waals surface area (Å²) >= 11 is 0. The third kappa shape index (κ3) is 2.13. The van der Waals surface area contributed by atoms with E-state index in [4.69, 9.17) is 10.8 Å². The second kappa shape index (κ2) is 3.75. The van der Waals surface area contributed by atoms with Gasteiger partial charge in [0.1, 0.15) is 12.1 Å². The van der Waals surface area contributed by atoms with Gasteiger partial charge in [0.05, 0.1) is 13.1 Å². The summed E-state index contributed by atoms with van der Waals surface area (Å²) in [5.41, 5.74) is 5.38. The molecule has 0 bridgehead atoms. The molecule has 0 aromatic carbocycles. The van der Waals surface area contributed by atoms with E-state index < -0.39 is 6.23 Å². The fraction of sp³-hybridized carbons (Fsp3) is 0.800. The third-order valence-corrected chi connectivity index (χ3v) is 1.38.